The Morgan fingerprint density at radius 1 is 0.944 bits per heavy atom. The monoisotopic (exact) mass is 249 g/mol. The maximum absolute atomic E-state index is 12.5. The lowest BCUT2D eigenvalue weighted by Crippen LogP contribution is -2.17. The second-order valence-electron chi connectivity index (χ2n) is 6.75. The van der Waals surface area contributed by atoms with E-state index in [1.54, 1.807) is 0 Å². The van der Waals surface area contributed by atoms with E-state index < -0.39 is 0 Å². The largest absolute Gasteiger partial charge is 0.489 e. The van der Waals surface area contributed by atoms with Crippen LogP contribution in [0, 0.1) is 0 Å². The minimum absolute atomic E-state index is 0.0387. The molecule has 0 heterocycles. The van der Waals surface area contributed by atoms with Crippen molar-refractivity contribution in [2.24, 2.45) is 0 Å². The fourth-order valence-corrected chi connectivity index (χ4v) is 2.03. The Hall–Kier alpha value is -1.18. The first kappa shape index (κ1) is 14.9. The van der Waals surface area contributed by atoms with E-state index in [2.05, 4.69) is 41.5 Å². The van der Waals surface area contributed by atoms with Crippen molar-refractivity contribution in [3.05, 3.63) is 23.3 Å². The average Bonchev–Trinajstić information content (AvgIpc) is 2.17. The molecule has 0 aromatic heterocycles. The Bertz CT molecular complexity index is 420. The highest BCUT2D eigenvalue weighted by Gasteiger charge is 2.28. The Balaban J connectivity index is 3.48. The van der Waals surface area contributed by atoms with Gasteiger partial charge in [-0.1, -0.05) is 53.7 Å². The van der Waals surface area contributed by atoms with Gasteiger partial charge in [-0.05, 0) is 17.8 Å². The molecule has 0 unspecified atom stereocenters. The van der Waals surface area contributed by atoms with E-state index in [0.29, 0.717) is 12.4 Å². The summed E-state index contributed by atoms with van der Waals surface area (Å²) in [6, 6.07) is 3.98. The summed E-state index contributed by atoms with van der Waals surface area (Å²) in [4.78, 5) is 0. The lowest BCUT2D eigenvalue weighted by atomic mass is 9.81. The molecule has 2 nitrogen and oxygen atoms in total. The molecule has 1 aromatic carbocycles. The van der Waals surface area contributed by atoms with Crippen LogP contribution in [0.5, 0.6) is 11.5 Å². The van der Waals surface area contributed by atoms with Crippen molar-refractivity contribution in [2.45, 2.75) is 59.3 Å². The zero-order valence-corrected chi connectivity index (χ0v) is 12.7. The molecular weight excluding hydrogens is 224 g/mol. The summed E-state index contributed by atoms with van der Waals surface area (Å²) in [5.74, 6) is 0.564. The number of ether oxygens (including phenoxy) is 1. The number of benzene rings is 1. The van der Waals surface area contributed by atoms with Crippen LogP contribution in [0.4, 0.5) is 0 Å². The maximum Gasteiger partial charge on any atom is 0.224 e. The van der Waals surface area contributed by atoms with Crippen LogP contribution in [0.3, 0.4) is 0 Å². The van der Waals surface area contributed by atoms with Crippen molar-refractivity contribution in [3.8, 4) is 11.5 Å². The highest BCUT2D eigenvalue weighted by Crippen LogP contribution is 2.44. The number of hydrogen-bond acceptors (Lipinski definition) is 1. The lowest BCUT2D eigenvalue weighted by molar-refractivity contribution is 0.274. The van der Waals surface area contributed by atoms with E-state index in [0.717, 1.165) is 11.1 Å². The van der Waals surface area contributed by atoms with Crippen LogP contribution in [0.15, 0.2) is 12.1 Å². The van der Waals surface area contributed by atoms with Crippen LogP contribution in [0.1, 0.15) is 59.6 Å². The molecule has 1 radical (unpaired) electrons. The first-order valence-electron chi connectivity index (χ1n) is 6.56. The Labute approximate surface area is 111 Å². The molecule has 2 heteroatoms. The second-order valence-corrected chi connectivity index (χ2v) is 6.75. The standard InChI is InChI=1S/C16H25O2/c1-8-18-14-12(16(5,6)7)10-9-11(13(14)17)15(2,3)4/h9-10H,8H2,1-7H3. The third-order valence-electron chi connectivity index (χ3n) is 3.02. The third-order valence-corrected chi connectivity index (χ3v) is 3.02. The molecule has 0 amide bonds. The molecule has 0 aliphatic rings. The van der Waals surface area contributed by atoms with Gasteiger partial charge in [-0.3, -0.25) is 5.11 Å². The molecule has 0 spiro atoms. The highest BCUT2D eigenvalue weighted by atomic mass is 16.5. The number of rotatable bonds is 2. The zero-order valence-electron chi connectivity index (χ0n) is 12.7. The summed E-state index contributed by atoms with van der Waals surface area (Å²) in [5.41, 5.74) is 1.57. The molecule has 0 atom stereocenters. The molecule has 0 aliphatic heterocycles. The highest BCUT2D eigenvalue weighted by molar-refractivity contribution is 5.55. The molecule has 18 heavy (non-hydrogen) atoms. The fraction of sp³-hybridized carbons (Fsp3) is 0.625. The SMILES string of the molecule is CCOc1c(C(C)(C)C)ccc(C(C)(C)C)c1[O]. The summed E-state index contributed by atoms with van der Waals surface area (Å²) in [6.45, 7) is 14.9. The quantitative estimate of drug-likeness (QED) is 0.738. The molecule has 0 fully saturated rings. The van der Waals surface area contributed by atoms with Crippen LogP contribution in [0.25, 0.3) is 0 Å². The van der Waals surface area contributed by atoms with Crippen molar-refractivity contribution in [2.75, 3.05) is 6.61 Å². The van der Waals surface area contributed by atoms with E-state index >= 15 is 0 Å². The maximum atomic E-state index is 12.5. The Morgan fingerprint density at radius 3 is 1.78 bits per heavy atom. The van der Waals surface area contributed by atoms with Gasteiger partial charge >= 0.3 is 0 Å². The zero-order chi connectivity index (χ0) is 14.1. The summed E-state index contributed by atoms with van der Waals surface area (Å²) in [5, 5.41) is 12.5. The van der Waals surface area contributed by atoms with Gasteiger partial charge < -0.3 is 4.74 Å². The van der Waals surface area contributed by atoms with Crippen LogP contribution in [-0.2, 0) is 15.9 Å². The van der Waals surface area contributed by atoms with Gasteiger partial charge in [-0.15, -0.1) is 0 Å². The average molecular weight is 249 g/mol. The van der Waals surface area contributed by atoms with Gasteiger partial charge in [0, 0.05) is 11.1 Å². The molecule has 1 aromatic rings. The topological polar surface area (TPSA) is 29.1 Å². The second kappa shape index (κ2) is 4.83. The van der Waals surface area contributed by atoms with Gasteiger partial charge in [0.15, 0.2) is 5.75 Å². The van der Waals surface area contributed by atoms with E-state index in [9.17, 15) is 5.11 Å². The summed E-state index contributed by atoms with van der Waals surface area (Å²) >= 11 is 0. The molecule has 1 rings (SSSR count). The van der Waals surface area contributed by atoms with Crippen LogP contribution >= 0.6 is 0 Å². The van der Waals surface area contributed by atoms with Crippen molar-refractivity contribution in [1.82, 2.24) is 0 Å². The van der Waals surface area contributed by atoms with Gasteiger partial charge in [-0.25, -0.2) is 0 Å². The minimum atomic E-state index is -0.153. The van der Waals surface area contributed by atoms with E-state index in [1.165, 1.54) is 0 Å². The van der Waals surface area contributed by atoms with Crippen LogP contribution < -0.4 is 4.74 Å². The fourth-order valence-electron chi connectivity index (χ4n) is 2.03. The summed E-state index contributed by atoms with van der Waals surface area (Å²) in [7, 11) is 0. The minimum Gasteiger partial charge on any atom is -0.489 e. The molecule has 0 aliphatic carbocycles. The summed E-state index contributed by atoms with van der Waals surface area (Å²) in [6.07, 6.45) is 0. The first-order chi connectivity index (χ1) is 8.09. The van der Waals surface area contributed by atoms with Gasteiger partial charge in [0.25, 0.3) is 0 Å². The predicted molar refractivity (Wildman–Crippen MR) is 75.1 cm³/mol. The number of hydrogen-bond donors (Lipinski definition) is 0. The van der Waals surface area contributed by atoms with Crippen LogP contribution in [-0.4, -0.2) is 6.61 Å². The molecule has 101 valence electrons. The van der Waals surface area contributed by atoms with Gasteiger partial charge in [0.2, 0.25) is 5.75 Å². The first-order valence-corrected chi connectivity index (χ1v) is 6.56. The normalized spacial score (nSPS) is 12.6. The molecule has 0 saturated heterocycles. The van der Waals surface area contributed by atoms with Crippen molar-refractivity contribution in [1.29, 1.82) is 0 Å². The molecular formula is C16H25O2. The molecule has 0 N–H and O–H groups in total. The smallest absolute Gasteiger partial charge is 0.224 e. The van der Waals surface area contributed by atoms with Gasteiger partial charge in [-0.2, -0.15) is 0 Å². The van der Waals surface area contributed by atoms with Gasteiger partial charge in [0.05, 0.1) is 6.61 Å². The van der Waals surface area contributed by atoms with Crippen molar-refractivity contribution >= 4 is 0 Å². The van der Waals surface area contributed by atoms with Crippen molar-refractivity contribution in [3.63, 3.8) is 0 Å². The predicted octanol–water partition coefficient (Wildman–Crippen LogP) is 4.82. The molecule has 0 saturated carbocycles. The van der Waals surface area contributed by atoms with E-state index in [1.807, 2.05) is 19.1 Å². The van der Waals surface area contributed by atoms with E-state index in [4.69, 9.17) is 4.74 Å². The third kappa shape index (κ3) is 2.98. The summed E-state index contributed by atoms with van der Waals surface area (Å²) < 4.78 is 5.62. The van der Waals surface area contributed by atoms with Crippen molar-refractivity contribution < 1.29 is 9.84 Å². The lowest BCUT2D eigenvalue weighted by Gasteiger charge is -2.26. The Morgan fingerprint density at radius 2 is 1.39 bits per heavy atom. The molecule has 0 bridgehead atoms. The Kier molecular flexibility index (Phi) is 3.99. The van der Waals surface area contributed by atoms with E-state index in [-0.39, 0.29) is 16.6 Å². The van der Waals surface area contributed by atoms with Crippen LogP contribution in [0.2, 0.25) is 0 Å². The van der Waals surface area contributed by atoms with Gasteiger partial charge in [0.1, 0.15) is 0 Å².